The van der Waals surface area contributed by atoms with Gasteiger partial charge in [0.05, 0.1) is 12.7 Å². The van der Waals surface area contributed by atoms with Crippen molar-refractivity contribution < 1.29 is 14.6 Å². The third-order valence-electron chi connectivity index (χ3n) is 2.16. The van der Waals surface area contributed by atoms with Crippen LogP contribution in [0, 0.1) is 11.8 Å². The number of aliphatic hydroxyl groups is 1. The molecule has 0 fully saturated rings. The van der Waals surface area contributed by atoms with E-state index in [2.05, 4.69) is 17.2 Å². The first kappa shape index (κ1) is 15.2. The minimum atomic E-state index is -0.186. The molecule has 0 aromatic heterocycles. The van der Waals surface area contributed by atoms with Gasteiger partial charge in [0.25, 0.3) is 0 Å². The van der Waals surface area contributed by atoms with Crippen molar-refractivity contribution in [2.75, 3.05) is 18.5 Å². The van der Waals surface area contributed by atoms with Crippen LogP contribution in [0.1, 0.15) is 25.8 Å². The molecule has 0 spiro atoms. The maximum Gasteiger partial charge on any atom is 0.250 e. The molecule has 0 radical (unpaired) electrons. The van der Waals surface area contributed by atoms with E-state index in [0.29, 0.717) is 12.1 Å². The van der Waals surface area contributed by atoms with Crippen LogP contribution in [0.25, 0.3) is 0 Å². The molecule has 2 N–H and O–H groups in total. The number of rotatable bonds is 5. The minimum Gasteiger partial charge on any atom is -0.395 e. The van der Waals surface area contributed by atoms with Crippen molar-refractivity contribution in [2.24, 2.45) is 0 Å². The molecular formula is C15H19NO3. The highest BCUT2D eigenvalue weighted by Gasteiger charge is 2.04. The van der Waals surface area contributed by atoms with E-state index in [9.17, 15) is 4.79 Å². The van der Waals surface area contributed by atoms with Crippen molar-refractivity contribution in [3.8, 4) is 11.8 Å². The van der Waals surface area contributed by atoms with Crippen molar-refractivity contribution in [2.45, 2.75) is 26.4 Å². The predicted molar refractivity (Wildman–Crippen MR) is 74.7 cm³/mol. The van der Waals surface area contributed by atoms with Crippen molar-refractivity contribution >= 4 is 11.6 Å². The van der Waals surface area contributed by atoms with Crippen LogP contribution >= 0.6 is 0 Å². The van der Waals surface area contributed by atoms with Crippen LogP contribution < -0.4 is 5.32 Å². The number of nitrogens with one attached hydrogen (secondary N) is 1. The number of hydrogen-bond donors (Lipinski definition) is 2. The van der Waals surface area contributed by atoms with Crippen LogP contribution in [-0.2, 0) is 9.53 Å². The smallest absolute Gasteiger partial charge is 0.250 e. The fourth-order valence-electron chi connectivity index (χ4n) is 1.33. The molecule has 0 saturated heterocycles. The van der Waals surface area contributed by atoms with Crippen LogP contribution in [0.2, 0.25) is 0 Å². The Morgan fingerprint density at radius 2 is 2.26 bits per heavy atom. The summed E-state index contributed by atoms with van der Waals surface area (Å²) in [6.07, 6.45) is 0.472. The molecule has 0 heterocycles. The standard InChI is InChI=1S/C15H19NO3/c1-12(2)19-11-15(18)16-14-8-5-7-13(10-14)6-3-4-9-17/h5,7-8,10,12,17H,4,9,11H2,1-2H3,(H,16,18). The molecule has 102 valence electrons. The lowest BCUT2D eigenvalue weighted by molar-refractivity contribution is -0.121. The van der Waals surface area contributed by atoms with Crippen LogP contribution in [0.15, 0.2) is 24.3 Å². The first-order valence-electron chi connectivity index (χ1n) is 6.23. The summed E-state index contributed by atoms with van der Waals surface area (Å²) < 4.78 is 5.22. The summed E-state index contributed by atoms with van der Waals surface area (Å²) in [6.45, 7) is 3.85. The zero-order valence-electron chi connectivity index (χ0n) is 11.3. The van der Waals surface area contributed by atoms with Crippen LogP contribution in [-0.4, -0.2) is 30.3 Å². The highest BCUT2D eigenvalue weighted by molar-refractivity contribution is 5.91. The Hall–Kier alpha value is -1.83. The van der Waals surface area contributed by atoms with Crippen molar-refractivity contribution in [3.05, 3.63) is 29.8 Å². The summed E-state index contributed by atoms with van der Waals surface area (Å²) >= 11 is 0. The van der Waals surface area contributed by atoms with E-state index in [0.717, 1.165) is 5.56 Å². The van der Waals surface area contributed by atoms with Gasteiger partial charge in [0.1, 0.15) is 6.61 Å². The molecule has 19 heavy (non-hydrogen) atoms. The Balaban J connectivity index is 2.57. The van der Waals surface area contributed by atoms with Gasteiger partial charge in [-0.3, -0.25) is 4.79 Å². The summed E-state index contributed by atoms with van der Waals surface area (Å²) in [5.41, 5.74) is 1.49. The van der Waals surface area contributed by atoms with Crippen LogP contribution in [0.4, 0.5) is 5.69 Å². The lowest BCUT2D eigenvalue weighted by atomic mass is 10.2. The zero-order chi connectivity index (χ0) is 14.1. The largest absolute Gasteiger partial charge is 0.395 e. The topological polar surface area (TPSA) is 58.6 Å². The second-order valence-corrected chi connectivity index (χ2v) is 4.26. The van der Waals surface area contributed by atoms with Crippen molar-refractivity contribution in [1.82, 2.24) is 0 Å². The first-order chi connectivity index (χ1) is 9.11. The van der Waals surface area contributed by atoms with Crippen molar-refractivity contribution in [1.29, 1.82) is 0 Å². The maximum atomic E-state index is 11.6. The number of carbonyl (C=O) groups excluding carboxylic acids is 1. The number of benzene rings is 1. The number of hydrogen-bond acceptors (Lipinski definition) is 3. The molecule has 0 aliphatic carbocycles. The Kier molecular flexibility index (Phi) is 6.65. The summed E-state index contributed by atoms with van der Waals surface area (Å²) in [5, 5.41) is 11.4. The molecule has 4 heteroatoms. The Morgan fingerprint density at radius 1 is 1.47 bits per heavy atom. The fourth-order valence-corrected chi connectivity index (χ4v) is 1.33. The van der Waals surface area contributed by atoms with E-state index in [1.165, 1.54) is 0 Å². The maximum absolute atomic E-state index is 11.6. The van der Waals surface area contributed by atoms with E-state index < -0.39 is 0 Å². The van der Waals surface area contributed by atoms with Gasteiger partial charge in [0, 0.05) is 17.7 Å². The molecule has 0 aliphatic heterocycles. The van der Waals surface area contributed by atoms with Gasteiger partial charge >= 0.3 is 0 Å². The lowest BCUT2D eigenvalue weighted by Crippen LogP contribution is -2.20. The average molecular weight is 261 g/mol. The fraction of sp³-hybridized carbons (Fsp3) is 0.400. The molecular weight excluding hydrogens is 242 g/mol. The second-order valence-electron chi connectivity index (χ2n) is 4.26. The quantitative estimate of drug-likeness (QED) is 0.794. The van der Waals surface area contributed by atoms with Gasteiger partial charge in [-0.15, -0.1) is 0 Å². The first-order valence-corrected chi connectivity index (χ1v) is 6.23. The number of ether oxygens (including phenoxy) is 1. The van der Waals surface area contributed by atoms with Crippen LogP contribution in [0.3, 0.4) is 0 Å². The summed E-state index contributed by atoms with van der Waals surface area (Å²) in [4.78, 5) is 11.6. The molecule has 0 aliphatic rings. The summed E-state index contributed by atoms with van der Waals surface area (Å²) in [5.74, 6) is 5.57. The Labute approximate surface area is 113 Å². The minimum absolute atomic E-state index is 0.0291. The summed E-state index contributed by atoms with van der Waals surface area (Å²) in [7, 11) is 0. The van der Waals surface area contributed by atoms with Gasteiger partial charge in [-0.1, -0.05) is 17.9 Å². The SMILES string of the molecule is CC(C)OCC(=O)Nc1cccc(C#CCCO)c1. The van der Waals surface area contributed by atoms with E-state index in [4.69, 9.17) is 9.84 Å². The zero-order valence-corrected chi connectivity index (χ0v) is 11.3. The van der Waals surface area contributed by atoms with Gasteiger partial charge in [-0.2, -0.15) is 0 Å². The average Bonchev–Trinajstić information content (AvgIpc) is 2.37. The van der Waals surface area contributed by atoms with Crippen LogP contribution in [0.5, 0.6) is 0 Å². The lowest BCUT2D eigenvalue weighted by Gasteiger charge is -2.08. The molecule has 1 rings (SSSR count). The third-order valence-corrected chi connectivity index (χ3v) is 2.16. The van der Waals surface area contributed by atoms with Gasteiger partial charge in [0.2, 0.25) is 5.91 Å². The van der Waals surface area contributed by atoms with E-state index in [-0.39, 0.29) is 25.2 Å². The molecule has 0 bridgehead atoms. The number of amides is 1. The monoisotopic (exact) mass is 261 g/mol. The Bertz CT molecular complexity index is 472. The molecule has 4 nitrogen and oxygen atoms in total. The highest BCUT2D eigenvalue weighted by atomic mass is 16.5. The van der Waals surface area contributed by atoms with Gasteiger partial charge in [0.15, 0.2) is 0 Å². The van der Waals surface area contributed by atoms with Gasteiger partial charge < -0.3 is 15.2 Å². The number of aliphatic hydroxyl groups excluding tert-OH is 1. The summed E-state index contributed by atoms with van der Waals surface area (Å²) in [6, 6.07) is 7.26. The van der Waals surface area contributed by atoms with Gasteiger partial charge in [-0.25, -0.2) is 0 Å². The normalized spacial score (nSPS) is 9.89. The molecule has 1 aromatic carbocycles. The molecule has 1 aromatic rings. The van der Waals surface area contributed by atoms with Crippen molar-refractivity contribution in [3.63, 3.8) is 0 Å². The van der Waals surface area contributed by atoms with Gasteiger partial charge in [-0.05, 0) is 32.0 Å². The number of carbonyl (C=O) groups is 1. The molecule has 0 saturated carbocycles. The van der Waals surface area contributed by atoms with E-state index in [1.54, 1.807) is 12.1 Å². The molecule has 0 atom stereocenters. The second kappa shape index (κ2) is 8.30. The van der Waals surface area contributed by atoms with E-state index in [1.807, 2.05) is 26.0 Å². The predicted octanol–water partition coefficient (Wildman–Crippen LogP) is 1.78. The van der Waals surface area contributed by atoms with E-state index >= 15 is 0 Å². The third kappa shape index (κ3) is 6.61. The number of anilines is 1. The molecule has 0 unspecified atom stereocenters. The highest BCUT2D eigenvalue weighted by Crippen LogP contribution is 2.09. The molecule has 1 amide bonds. The Morgan fingerprint density at radius 3 is 2.95 bits per heavy atom.